The first-order chi connectivity index (χ1) is 31.7. The van der Waals surface area contributed by atoms with Crippen LogP contribution in [0.2, 0.25) is 0 Å². The maximum atomic E-state index is 4.71. The summed E-state index contributed by atoms with van der Waals surface area (Å²) in [6.07, 6.45) is 9.10. The van der Waals surface area contributed by atoms with Gasteiger partial charge < -0.3 is 15.0 Å². The number of aryl methyl sites for hydroxylation is 4. The van der Waals surface area contributed by atoms with Gasteiger partial charge in [0.1, 0.15) is 0 Å². The van der Waals surface area contributed by atoms with E-state index in [4.69, 9.17) is 4.98 Å². The molecule has 0 spiro atoms. The predicted octanol–water partition coefficient (Wildman–Crippen LogP) is 14.5. The summed E-state index contributed by atoms with van der Waals surface area (Å²) in [6.45, 7) is 0. The Bertz CT molecular complexity index is 3010. The van der Waals surface area contributed by atoms with Crippen molar-refractivity contribution in [2.45, 2.75) is 25.7 Å². The zero-order chi connectivity index (χ0) is 42.9. The van der Waals surface area contributed by atoms with Crippen LogP contribution in [0.1, 0.15) is 22.3 Å². The second-order valence-electron chi connectivity index (χ2n) is 16.1. The molecule has 3 aromatic heterocycles. The molecule has 0 saturated heterocycles. The number of pyridine rings is 3. The van der Waals surface area contributed by atoms with Gasteiger partial charge in [-0.2, -0.15) is 0 Å². The summed E-state index contributed by atoms with van der Waals surface area (Å²) in [4.78, 5) is 13.8. The second-order valence-corrected chi connectivity index (χ2v) is 16.1. The zero-order valence-corrected chi connectivity index (χ0v) is 38.2. The molecule has 0 fully saturated rings. The standard InChI is InChI=1S/C61H44N3.Ir/c1-2-13-48(14-3-1)51-15-12-16-52(42-51)58-43-53(61-21-8-11-38-64-61)34-35-57(58)56-18-5-4-17-55(56)54-40-46(24-22-44-26-30-49(31-27-44)59-19-6-9-36-62-59)39-47(41-54)25-23-45-28-32-50(33-29-45)60-20-7-10-37-63-60;/h1-21,26-30,32,35-43H,22-25H2;/q-3;+3. The van der Waals surface area contributed by atoms with Crippen molar-refractivity contribution in [2.75, 3.05) is 0 Å². The van der Waals surface area contributed by atoms with Crippen LogP contribution in [-0.4, -0.2) is 15.0 Å². The third-order valence-electron chi connectivity index (χ3n) is 11.8. The first-order valence-corrected chi connectivity index (χ1v) is 21.9. The van der Waals surface area contributed by atoms with Gasteiger partial charge in [-0.05, 0) is 93.1 Å². The van der Waals surface area contributed by atoms with Crippen LogP contribution in [0.3, 0.4) is 0 Å². The number of rotatable bonds is 13. The van der Waals surface area contributed by atoms with E-state index in [1.54, 1.807) is 0 Å². The molecule has 0 bridgehead atoms. The van der Waals surface area contributed by atoms with E-state index in [0.29, 0.717) is 0 Å². The van der Waals surface area contributed by atoms with Gasteiger partial charge in [0.2, 0.25) is 0 Å². The Balaban J connectivity index is 0.00000533. The van der Waals surface area contributed by atoms with Crippen molar-refractivity contribution in [3.63, 3.8) is 0 Å². The van der Waals surface area contributed by atoms with Crippen molar-refractivity contribution < 1.29 is 20.1 Å². The molecule has 10 rings (SSSR count). The van der Waals surface area contributed by atoms with Crippen molar-refractivity contribution in [2.24, 2.45) is 0 Å². The average Bonchev–Trinajstić information content (AvgIpc) is 3.38. The fourth-order valence-corrected chi connectivity index (χ4v) is 8.46. The Morgan fingerprint density at radius 3 is 1.34 bits per heavy atom. The first-order valence-electron chi connectivity index (χ1n) is 21.9. The number of benzene rings is 7. The second kappa shape index (κ2) is 20.4. The molecule has 0 radical (unpaired) electrons. The molecular weight excluding hydrogens is 967 g/mol. The Morgan fingerprint density at radius 2 is 0.785 bits per heavy atom. The van der Waals surface area contributed by atoms with Crippen molar-refractivity contribution in [1.29, 1.82) is 0 Å². The summed E-state index contributed by atoms with van der Waals surface area (Å²) in [6, 6.07) is 81.5. The van der Waals surface area contributed by atoms with E-state index in [0.717, 1.165) is 81.7 Å². The predicted molar refractivity (Wildman–Crippen MR) is 262 cm³/mol. The van der Waals surface area contributed by atoms with Crippen molar-refractivity contribution in [1.82, 2.24) is 15.0 Å². The molecule has 0 unspecified atom stereocenters. The van der Waals surface area contributed by atoms with E-state index < -0.39 is 0 Å². The van der Waals surface area contributed by atoms with Gasteiger partial charge in [-0.3, -0.25) is 0 Å². The molecule has 4 heteroatoms. The van der Waals surface area contributed by atoms with E-state index in [2.05, 4.69) is 180 Å². The largest absolute Gasteiger partial charge is 3.00 e. The third-order valence-corrected chi connectivity index (χ3v) is 11.8. The minimum absolute atomic E-state index is 0. The summed E-state index contributed by atoms with van der Waals surface area (Å²) in [5.74, 6) is 0. The maximum absolute atomic E-state index is 4.71. The topological polar surface area (TPSA) is 38.7 Å². The summed E-state index contributed by atoms with van der Waals surface area (Å²) >= 11 is 0. The first kappa shape index (κ1) is 42.9. The third kappa shape index (κ3) is 10.2. The summed E-state index contributed by atoms with van der Waals surface area (Å²) in [7, 11) is 0. The van der Waals surface area contributed by atoms with Crippen LogP contribution in [0.15, 0.2) is 219 Å². The van der Waals surface area contributed by atoms with Crippen molar-refractivity contribution in [3.8, 4) is 78.3 Å². The molecule has 7 aromatic carbocycles. The van der Waals surface area contributed by atoms with Crippen LogP contribution in [-0.2, 0) is 45.8 Å². The molecule has 312 valence electrons. The van der Waals surface area contributed by atoms with E-state index >= 15 is 0 Å². The Hall–Kier alpha value is -7.36. The fraction of sp³-hybridized carbons (Fsp3) is 0.0656. The Kier molecular flexibility index (Phi) is 13.5. The van der Waals surface area contributed by atoms with Crippen LogP contribution in [0, 0.1) is 18.2 Å². The minimum Gasteiger partial charge on any atom is -0.305 e. The van der Waals surface area contributed by atoms with E-state index in [9.17, 15) is 0 Å². The molecule has 0 N–H and O–H groups in total. The SMILES string of the molecule is [Ir+3].[c-]1cc(CCc2cc(CCc3c[c-]c(-c4ccccn4)cc3)cc(-c3ccccc3-c3c[c-]c(-c4ccccn4)cc3-c3cccc(-c4ccccc4)c3)c2)ccc1-c1ccccn1. The van der Waals surface area contributed by atoms with Crippen LogP contribution < -0.4 is 0 Å². The van der Waals surface area contributed by atoms with Gasteiger partial charge >= 0.3 is 20.1 Å². The maximum Gasteiger partial charge on any atom is 3.00 e. The van der Waals surface area contributed by atoms with Gasteiger partial charge in [-0.1, -0.05) is 157 Å². The van der Waals surface area contributed by atoms with E-state index in [-0.39, 0.29) is 20.1 Å². The Labute approximate surface area is 396 Å². The zero-order valence-electron chi connectivity index (χ0n) is 35.8. The molecule has 0 aliphatic carbocycles. The molecule has 0 amide bonds. The molecule has 3 nitrogen and oxygen atoms in total. The van der Waals surface area contributed by atoms with Crippen molar-refractivity contribution in [3.05, 3.63) is 259 Å². The molecule has 0 atom stereocenters. The molecule has 0 aliphatic heterocycles. The normalized spacial score (nSPS) is 10.9. The van der Waals surface area contributed by atoms with Crippen molar-refractivity contribution >= 4 is 0 Å². The molecule has 0 saturated carbocycles. The number of aromatic nitrogens is 3. The monoisotopic (exact) mass is 1010 g/mol. The summed E-state index contributed by atoms with van der Waals surface area (Å²) < 4.78 is 0. The smallest absolute Gasteiger partial charge is 0.305 e. The van der Waals surface area contributed by atoms with Gasteiger partial charge in [-0.25, -0.2) is 0 Å². The average molecular weight is 1010 g/mol. The van der Waals surface area contributed by atoms with Crippen LogP contribution in [0.5, 0.6) is 0 Å². The summed E-state index contributed by atoms with van der Waals surface area (Å²) in [5.41, 5.74) is 20.2. The van der Waals surface area contributed by atoms with E-state index in [1.165, 1.54) is 44.5 Å². The molecule has 3 heterocycles. The summed E-state index contributed by atoms with van der Waals surface area (Å²) in [5, 5.41) is 0. The molecule has 0 aliphatic rings. The number of nitrogens with zero attached hydrogens (tertiary/aromatic N) is 3. The fourth-order valence-electron chi connectivity index (χ4n) is 8.46. The molecule has 65 heavy (non-hydrogen) atoms. The number of hydrogen-bond donors (Lipinski definition) is 0. The number of hydrogen-bond acceptors (Lipinski definition) is 3. The Morgan fingerprint density at radius 1 is 0.292 bits per heavy atom. The molecule has 10 aromatic rings. The van der Waals surface area contributed by atoms with Gasteiger partial charge in [0, 0.05) is 18.6 Å². The van der Waals surface area contributed by atoms with Crippen LogP contribution in [0.25, 0.3) is 78.3 Å². The quantitative estimate of drug-likeness (QED) is 0.108. The van der Waals surface area contributed by atoms with Gasteiger partial charge in [0.15, 0.2) is 0 Å². The van der Waals surface area contributed by atoms with Crippen LogP contribution in [0.4, 0.5) is 0 Å². The van der Waals surface area contributed by atoms with Crippen LogP contribution >= 0.6 is 0 Å². The minimum atomic E-state index is 0. The van der Waals surface area contributed by atoms with Gasteiger partial charge in [0.05, 0.1) is 0 Å². The van der Waals surface area contributed by atoms with Gasteiger partial charge in [0.25, 0.3) is 0 Å². The van der Waals surface area contributed by atoms with Gasteiger partial charge in [-0.15, -0.1) is 94.5 Å². The van der Waals surface area contributed by atoms with E-state index in [1.807, 2.05) is 67.1 Å². The molecular formula is C61H44IrN3.